The highest BCUT2D eigenvalue weighted by atomic mass is 16.5. The molecule has 2 aromatic rings. The van der Waals surface area contributed by atoms with Crippen molar-refractivity contribution in [1.29, 1.82) is 0 Å². The van der Waals surface area contributed by atoms with Gasteiger partial charge in [-0.3, -0.25) is 0 Å². The Balaban J connectivity index is 1.52. The number of carbonyl (C=O) groups excluding carboxylic acids is 1. The fourth-order valence-electron chi connectivity index (χ4n) is 3.36. The average molecular weight is 339 g/mol. The number of rotatable bonds is 3. The predicted molar refractivity (Wildman–Crippen MR) is 95.7 cm³/mol. The van der Waals surface area contributed by atoms with Crippen molar-refractivity contribution in [3.8, 4) is 11.4 Å². The first-order valence-electron chi connectivity index (χ1n) is 8.54. The third-order valence-electron chi connectivity index (χ3n) is 4.64. The molecular formula is C18H21N5O2. The minimum absolute atomic E-state index is 0.243. The molecule has 1 aromatic heterocycles. The number of fused-ring (bicyclic) bond motifs is 2. The Bertz CT molecular complexity index is 752. The Morgan fingerprint density at radius 1 is 1.16 bits per heavy atom. The number of carbonyl (C=O) groups is 1. The second-order valence-electron chi connectivity index (χ2n) is 6.38. The second-order valence-corrected chi connectivity index (χ2v) is 6.38. The summed E-state index contributed by atoms with van der Waals surface area (Å²) in [5.74, 6) is 1.63. The molecule has 0 aliphatic carbocycles. The fourth-order valence-corrected chi connectivity index (χ4v) is 3.36. The molecule has 0 spiro atoms. The number of anilines is 2. The lowest BCUT2D eigenvalue weighted by Crippen LogP contribution is -2.43. The molecule has 2 unspecified atom stereocenters. The van der Waals surface area contributed by atoms with Gasteiger partial charge in [-0.05, 0) is 43.2 Å². The second kappa shape index (κ2) is 6.68. The average Bonchev–Trinajstić information content (AvgIpc) is 3.00. The minimum atomic E-state index is -0.243. The highest BCUT2D eigenvalue weighted by Gasteiger charge is 2.34. The van der Waals surface area contributed by atoms with E-state index in [2.05, 4.69) is 20.5 Å². The van der Waals surface area contributed by atoms with Crippen molar-refractivity contribution < 1.29 is 9.53 Å². The van der Waals surface area contributed by atoms with Crippen LogP contribution in [0.1, 0.15) is 12.8 Å². The molecule has 2 fully saturated rings. The van der Waals surface area contributed by atoms with E-state index in [1.807, 2.05) is 30.3 Å². The van der Waals surface area contributed by atoms with E-state index in [4.69, 9.17) is 9.72 Å². The van der Waals surface area contributed by atoms with Gasteiger partial charge in [-0.1, -0.05) is 0 Å². The number of urea groups is 1. The van der Waals surface area contributed by atoms with Gasteiger partial charge in [0.15, 0.2) is 5.82 Å². The summed E-state index contributed by atoms with van der Waals surface area (Å²) in [6.07, 6.45) is 4.73. The van der Waals surface area contributed by atoms with Gasteiger partial charge in [0.25, 0.3) is 0 Å². The number of nitrogens with zero attached hydrogens (tertiary/aromatic N) is 3. The van der Waals surface area contributed by atoms with Crippen LogP contribution in [0.4, 0.5) is 16.3 Å². The summed E-state index contributed by atoms with van der Waals surface area (Å²) in [7, 11) is 1.58. The van der Waals surface area contributed by atoms with E-state index in [9.17, 15) is 4.79 Å². The smallest absolute Gasteiger partial charge is 0.318 e. The van der Waals surface area contributed by atoms with E-state index in [1.165, 1.54) is 0 Å². The van der Waals surface area contributed by atoms with Crippen molar-refractivity contribution in [1.82, 2.24) is 15.3 Å². The molecule has 2 aliphatic heterocycles. The number of morpholine rings is 1. The van der Waals surface area contributed by atoms with Crippen LogP contribution in [0.2, 0.25) is 0 Å². The van der Waals surface area contributed by atoms with E-state index in [-0.39, 0.29) is 6.03 Å². The van der Waals surface area contributed by atoms with Crippen LogP contribution >= 0.6 is 0 Å². The maximum atomic E-state index is 11.4. The van der Waals surface area contributed by atoms with Crippen LogP contribution in [0.5, 0.6) is 0 Å². The monoisotopic (exact) mass is 339 g/mol. The highest BCUT2D eigenvalue weighted by Crippen LogP contribution is 2.29. The molecule has 2 aliphatic rings. The van der Waals surface area contributed by atoms with E-state index in [0.717, 1.165) is 43.0 Å². The van der Waals surface area contributed by atoms with E-state index < -0.39 is 0 Å². The lowest BCUT2D eigenvalue weighted by Gasteiger charge is -2.33. The predicted octanol–water partition coefficient (Wildman–Crippen LogP) is 2.26. The summed E-state index contributed by atoms with van der Waals surface area (Å²) < 4.78 is 5.89. The maximum absolute atomic E-state index is 11.4. The third-order valence-corrected chi connectivity index (χ3v) is 4.64. The summed E-state index contributed by atoms with van der Waals surface area (Å²) in [4.78, 5) is 22.8. The molecule has 1 aromatic carbocycles. The van der Waals surface area contributed by atoms with E-state index in [0.29, 0.717) is 18.0 Å². The number of nitrogens with one attached hydrogen (secondary N) is 2. The van der Waals surface area contributed by atoms with E-state index in [1.54, 1.807) is 13.2 Å². The Morgan fingerprint density at radius 2 is 1.88 bits per heavy atom. The van der Waals surface area contributed by atoms with Crippen molar-refractivity contribution >= 4 is 17.5 Å². The Kier molecular flexibility index (Phi) is 4.23. The zero-order valence-corrected chi connectivity index (χ0v) is 14.1. The number of hydrogen-bond acceptors (Lipinski definition) is 5. The molecule has 2 bridgehead atoms. The van der Waals surface area contributed by atoms with Crippen LogP contribution in [0.25, 0.3) is 11.4 Å². The number of amides is 2. The standard InChI is InChI=1S/C18H21N5O2/c1-19-18(24)21-13-4-2-12(3-5-13)17-20-9-8-16(22-17)23-10-14-6-7-15(11-23)25-14/h2-5,8-9,14-15H,6-7,10-11H2,1H3,(H2,19,21,24). The Morgan fingerprint density at radius 3 is 2.56 bits per heavy atom. The largest absolute Gasteiger partial charge is 0.371 e. The maximum Gasteiger partial charge on any atom is 0.318 e. The van der Waals surface area contributed by atoms with Crippen molar-refractivity contribution in [3.63, 3.8) is 0 Å². The molecule has 2 amide bonds. The number of aromatic nitrogens is 2. The summed E-state index contributed by atoms with van der Waals surface area (Å²) in [5, 5.41) is 5.26. The highest BCUT2D eigenvalue weighted by molar-refractivity contribution is 5.89. The van der Waals surface area contributed by atoms with Crippen LogP contribution < -0.4 is 15.5 Å². The molecule has 130 valence electrons. The van der Waals surface area contributed by atoms with Crippen LogP contribution in [0.3, 0.4) is 0 Å². The van der Waals surface area contributed by atoms with Gasteiger partial charge in [0.05, 0.1) is 12.2 Å². The molecule has 0 saturated carbocycles. The first-order chi connectivity index (χ1) is 12.2. The van der Waals surface area contributed by atoms with Gasteiger partial charge >= 0.3 is 6.03 Å². The van der Waals surface area contributed by atoms with Gasteiger partial charge in [0.2, 0.25) is 0 Å². The minimum Gasteiger partial charge on any atom is -0.371 e. The van der Waals surface area contributed by atoms with Crippen LogP contribution in [-0.4, -0.2) is 48.3 Å². The van der Waals surface area contributed by atoms with Crippen molar-refractivity contribution in [2.45, 2.75) is 25.0 Å². The first kappa shape index (κ1) is 15.8. The molecule has 2 saturated heterocycles. The first-order valence-corrected chi connectivity index (χ1v) is 8.54. The van der Waals surface area contributed by atoms with Crippen LogP contribution in [0, 0.1) is 0 Å². The summed E-state index contributed by atoms with van der Waals surface area (Å²) >= 11 is 0. The molecule has 2 atom stereocenters. The Labute approximate surface area is 146 Å². The summed E-state index contributed by atoms with van der Waals surface area (Å²) in [6.45, 7) is 1.78. The molecular weight excluding hydrogens is 318 g/mol. The molecule has 25 heavy (non-hydrogen) atoms. The zero-order valence-electron chi connectivity index (χ0n) is 14.1. The van der Waals surface area contributed by atoms with Crippen LogP contribution in [-0.2, 0) is 4.74 Å². The van der Waals surface area contributed by atoms with Crippen LogP contribution in [0.15, 0.2) is 36.5 Å². The lowest BCUT2D eigenvalue weighted by molar-refractivity contribution is 0.0302. The number of benzene rings is 1. The van der Waals surface area contributed by atoms with Gasteiger partial charge in [-0.15, -0.1) is 0 Å². The van der Waals surface area contributed by atoms with Gasteiger partial charge in [0, 0.05) is 37.6 Å². The quantitative estimate of drug-likeness (QED) is 0.897. The van der Waals surface area contributed by atoms with E-state index >= 15 is 0 Å². The normalized spacial score (nSPS) is 21.9. The number of hydrogen-bond donors (Lipinski definition) is 2. The SMILES string of the molecule is CNC(=O)Nc1ccc(-c2nccc(N3CC4CCC(C3)O4)n2)cc1. The molecule has 3 heterocycles. The zero-order chi connectivity index (χ0) is 17.2. The fraction of sp³-hybridized carbons (Fsp3) is 0.389. The number of ether oxygens (including phenoxy) is 1. The topological polar surface area (TPSA) is 79.4 Å². The molecule has 7 heteroatoms. The summed E-state index contributed by atoms with van der Waals surface area (Å²) in [5.41, 5.74) is 1.64. The van der Waals surface area contributed by atoms with Gasteiger partial charge in [-0.2, -0.15) is 0 Å². The van der Waals surface area contributed by atoms with Gasteiger partial charge in [-0.25, -0.2) is 14.8 Å². The molecule has 0 radical (unpaired) electrons. The van der Waals surface area contributed by atoms with Crippen molar-refractivity contribution in [2.24, 2.45) is 0 Å². The lowest BCUT2D eigenvalue weighted by atomic mass is 10.2. The van der Waals surface area contributed by atoms with Crippen molar-refractivity contribution in [2.75, 3.05) is 30.4 Å². The van der Waals surface area contributed by atoms with Crippen molar-refractivity contribution in [3.05, 3.63) is 36.5 Å². The molecule has 4 rings (SSSR count). The molecule has 2 N–H and O–H groups in total. The molecule has 7 nitrogen and oxygen atoms in total. The third kappa shape index (κ3) is 3.41. The Hall–Kier alpha value is -2.67. The van der Waals surface area contributed by atoms with Gasteiger partial charge in [0.1, 0.15) is 5.82 Å². The van der Waals surface area contributed by atoms with Gasteiger partial charge < -0.3 is 20.3 Å². The summed E-state index contributed by atoms with van der Waals surface area (Å²) in [6, 6.07) is 9.22.